The summed E-state index contributed by atoms with van der Waals surface area (Å²) in [4.78, 5) is 3.78. The lowest BCUT2D eigenvalue weighted by Crippen LogP contribution is -2.36. The van der Waals surface area contributed by atoms with Crippen LogP contribution >= 0.6 is 11.8 Å². The maximum atomic E-state index is 5.64. The fourth-order valence-corrected chi connectivity index (χ4v) is 1.90. The molecule has 1 aliphatic rings. The molecule has 1 fully saturated rings. The van der Waals surface area contributed by atoms with Gasteiger partial charge in [0.1, 0.15) is 0 Å². The van der Waals surface area contributed by atoms with Gasteiger partial charge in [-0.05, 0) is 4.99 Å². The van der Waals surface area contributed by atoms with Gasteiger partial charge in [-0.3, -0.25) is 10.3 Å². The maximum absolute atomic E-state index is 5.64. The topological polar surface area (TPSA) is 93.4 Å². The Hall–Kier alpha value is -0.910. The van der Waals surface area contributed by atoms with Crippen molar-refractivity contribution < 1.29 is 4.58 Å². The van der Waals surface area contributed by atoms with Crippen LogP contribution in [0.2, 0.25) is 0 Å². The molecular formula is C6H14N5S+. The third-order valence-corrected chi connectivity index (χ3v) is 2.52. The zero-order valence-electron chi connectivity index (χ0n) is 6.86. The van der Waals surface area contributed by atoms with Crippen LogP contribution in [0.4, 0.5) is 0 Å². The Morgan fingerprint density at radius 1 is 1.17 bits per heavy atom. The Balaban J connectivity index is 2.67. The minimum absolute atomic E-state index is 0.0192. The molecule has 6 heteroatoms. The number of hydrogen-bond donors (Lipinski definition) is 3. The molecule has 0 unspecified atom stereocenters. The van der Waals surface area contributed by atoms with Crippen LogP contribution in [0.5, 0.6) is 0 Å². The first-order chi connectivity index (χ1) is 5.70. The zero-order valence-corrected chi connectivity index (χ0v) is 7.68. The third kappa shape index (κ3) is 2.61. The van der Waals surface area contributed by atoms with Crippen molar-refractivity contribution in [2.24, 2.45) is 22.2 Å². The number of nitrogens with two attached hydrogens (primary N) is 3. The first kappa shape index (κ1) is 9.18. The minimum Gasteiger partial charge on any atom is -0.356 e. The van der Waals surface area contributed by atoms with Crippen LogP contribution < -0.4 is 17.2 Å². The smallest absolute Gasteiger partial charge is 0.356 e. The fourth-order valence-electron chi connectivity index (χ4n) is 0.995. The summed E-state index contributed by atoms with van der Waals surface area (Å²) in [5.41, 5.74) is 16.0. The lowest BCUT2D eigenvalue weighted by molar-refractivity contribution is -0.522. The van der Waals surface area contributed by atoms with E-state index in [9.17, 15) is 0 Å². The summed E-state index contributed by atoms with van der Waals surface area (Å²) >= 11 is 1.91. The van der Waals surface area contributed by atoms with Gasteiger partial charge in [-0.2, -0.15) is 11.8 Å². The molecule has 1 aliphatic heterocycles. The first-order valence-electron chi connectivity index (χ1n) is 3.75. The quantitative estimate of drug-likeness (QED) is 0.241. The molecule has 0 saturated carbocycles. The highest BCUT2D eigenvalue weighted by Crippen LogP contribution is 2.04. The Morgan fingerprint density at radius 3 is 2.25 bits per heavy atom. The molecule has 1 saturated heterocycles. The highest BCUT2D eigenvalue weighted by molar-refractivity contribution is 7.99. The number of thioether (sulfide) groups is 1. The molecule has 0 aromatic rings. The van der Waals surface area contributed by atoms with Gasteiger partial charge in [0, 0.05) is 11.5 Å². The SMILES string of the molecule is NC(N)=NC(N)=[N+]1CCSCC1. The van der Waals surface area contributed by atoms with Crippen molar-refractivity contribution in [3.05, 3.63) is 0 Å². The van der Waals surface area contributed by atoms with Gasteiger partial charge in [-0.15, -0.1) is 0 Å². The second-order valence-corrected chi connectivity index (χ2v) is 3.72. The van der Waals surface area contributed by atoms with E-state index < -0.39 is 0 Å². The van der Waals surface area contributed by atoms with Crippen molar-refractivity contribution in [3.63, 3.8) is 0 Å². The molecule has 12 heavy (non-hydrogen) atoms. The Kier molecular flexibility index (Phi) is 3.21. The fraction of sp³-hybridized carbons (Fsp3) is 0.667. The van der Waals surface area contributed by atoms with Crippen LogP contribution in [0.1, 0.15) is 0 Å². The molecule has 5 nitrogen and oxygen atoms in total. The van der Waals surface area contributed by atoms with Crippen LogP contribution in [0.15, 0.2) is 4.99 Å². The molecule has 0 aromatic heterocycles. The van der Waals surface area contributed by atoms with Crippen molar-refractivity contribution in [3.8, 4) is 0 Å². The van der Waals surface area contributed by atoms with Crippen LogP contribution in [-0.4, -0.2) is 41.1 Å². The van der Waals surface area contributed by atoms with Gasteiger partial charge < -0.3 is 11.5 Å². The van der Waals surface area contributed by atoms with Gasteiger partial charge in [0.25, 0.3) is 5.96 Å². The molecule has 0 aromatic carbocycles. The third-order valence-electron chi connectivity index (χ3n) is 1.58. The Bertz CT molecular complexity index is 210. The Labute approximate surface area is 75.7 Å². The molecule has 0 amide bonds. The average Bonchev–Trinajstić information content (AvgIpc) is 2.05. The second kappa shape index (κ2) is 4.20. The van der Waals surface area contributed by atoms with E-state index in [2.05, 4.69) is 4.99 Å². The van der Waals surface area contributed by atoms with E-state index in [-0.39, 0.29) is 5.96 Å². The van der Waals surface area contributed by atoms with Crippen LogP contribution in [-0.2, 0) is 0 Å². The summed E-state index contributed by atoms with van der Waals surface area (Å²) in [5.74, 6) is 2.61. The van der Waals surface area contributed by atoms with Crippen molar-refractivity contribution in [1.82, 2.24) is 0 Å². The summed E-state index contributed by atoms with van der Waals surface area (Å²) in [6.07, 6.45) is 0. The van der Waals surface area contributed by atoms with E-state index in [1.165, 1.54) is 0 Å². The van der Waals surface area contributed by atoms with Gasteiger partial charge in [0.2, 0.25) is 0 Å². The summed E-state index contributed by atoms with van der Waals surface area (Å²) in [6.45, 7) is 1.85. The van der Waals surface area contributed by atoms with Gasteiger partial charge in [-0.1, -0.05) is 0 Å². The molecule has 1 heterocycles. The largest absolute Gasteiger partial charge is 0.388 e. The predicted molar refractivity (Wildman–Crippen MR) is 52.3 cm³/mol. The Morgan fingerprint density at radius 2 is 1.75 bits per heavy atom. The summed E-state index contributed by atoms with van der Waals surface area (Å²) in [7, 11) is 0. The van der Waals surface area contributed by atoms with Crippen LogP contribution in [0.3, 0.4) is 0 Å². The van der Waals surface area contributed by atoms with Crippen molar-refractivity contribution in [2.75, 3.05) is 24.6 Å². The van der Waals surface area contributed by atoms with E-state index >= 15 is 0 Å². The first-order valence-corrected chi connectivity index (χ1v) is 4.90. The predicted octanol–water partition coefficient (Wildman–Crippen LogP) is -1.67. The van der Waals surface area contributed by atoms with Gasteiger partial charge in [-0.25, -0.2) is 0 Å². The lowest BCUT2D eigenvalue weighted by atomic mass is 10.6. The van der Waals surface area contributed by atoms with Crippen molar-refractivity contribution >= 4 is 23.7 Å². The van der Waals surface area contributed by atoms with E-state index in [0.717, 1.165) is 24.6 Å². The van der Waals surface area contributed by atoms with Gasteiger partial charge in [0.05, 0.1) is 13.1 Å². The van der Waals surface area contributed by atoms with Crippen molar-refractivity contribution in [1.29, 1.82) is 0 Å². The van der Waals surface area contributed by atoms with Gasteiger partial charge in [0.15, 0.2) is 0 Å². The monoisotopic (exact) mass is 188 g/mol. The summed E-state index contributed by atoms with van der Waals surface area (Å²) in [6, 6.07) is 0. The number of hydrogen-bond acceptors (Lipinski definition) is 1. The summed E-state index contributed by atoms with van der Waals surface area (Å²) in [5, 5.41) is 0. The molecule has 0 atom stereocenters. The minimum atomic E-state index is 0.0192. The van der Waals surface area contributed by atoms with Crippen LogP contribution in [0, 0.1) is 0 Å². The van der Waals surface area contributed by atoms with Crippen LogP contribution in [0.25, 0.3) is 0 Å². The molecule has 68 valence electrons. The summed E-state index contributed by atoms with van der Waals surface area (Å²) < 4.78 is 1.98. The van der Waals surface area contributed by atoms with Crippen molar-refractivity contribution in [2.45, 2.75) is 0 Å². The molecule has 0 radical (unpaired) electrons. The van der Waals surface area contributed by atoms with E-state index in [4.69, 9.17) is 17.2 Å². The standard InChI is InChI=1S/C6H13N5S/c7-5(8)10-6(9)11-1-3-12-4-2-11/h1-4H2,(H5,7,8,9,10)/p+1. The molecule has 0 aliphatic carbocycles. The highest BCUT2D eigenvalue weighted by Gasteiger charge is 2.12. The molecular weight excluding hydrogens is 174 g/mol. The van der Waals surface area contributed by atoms with E-state index in [1.807, 2.05) is 16.3 Å². The molecule has 1 rings (SSSR count). The van der Waals surface area contributed by atoms with E-state index in [1.54, 1.807) is 0 Å². The molecule has 0 bridgehead atoms. The maximum Gasteiger partial charge on any atom is 0.388 e. The molecule has 0 spiro atoms. The zero-order chi connectivity index (χ0) is 8.97. The lowest BCUT2D eigenvalue weighted by Gasteiger charge is -2.13. The van der Waals surface area contributed by atoms with Gasteiger partial charge >= 0.3 is 5.96 Å². The average molecular weight is 188 g/mol. The van der Waals surface area contributed by atoms with E-state index in [0.29, 0.717) is 5.96 Å². The number of nitrogens with zero attached hydrogens (tertiary/aromatic N) is 2. The number of aliphatic imine (C=N–C) groups is 1. The highest BCUT2D eigenvalue weighted by atomic mass is 32.2. The number of rotatable bonds is 0. The normalized spacial score (nSPS) is 17.2. The second-order valence-electron chi connectivity index (χ2n) is 2.49. The number of guanidine groups is 2. The molecule has 6 N–H and O–H groups in total.